The van der Waals surface area contributed by atoms with Crippen LogP contribution in [0.25, 0.3) is 11.0 Å². The highest BCUT2D eigenvalue weighted by Crippen LogP contribution is 2.31. The molecule has 0 N–H and O–H groups in total. The highest BCUT2D eigenvalue weighted by atomic mass is 16.3. The number of benzene rings is 1. The summed E-state index contributed by atoms with van der Waals surface area (Å²) in [5.74, 6) is 1.58. The van der Waals surface area contributed by atoms with Gasteiger partial charge >= 0.3 is 0 Å². The molecule has 3 aromatic rings. The maximum atomic E-state index is 13.0. The average Bonchev–Trinajstić information content (AvgIpc) is 2.81. The van der Waals surface area contributed by atoms with Crippen molar-refractivity contribution in [2.75, 3.05) is 6.54 Å². The van der Waals surface area contributed by atoms with Gasteiger partial charge in [0.15, 0.2) is 5.43 Å². The van der Waals surface area contributed by atoms with E-state index in [1.165, 1.54) is 43.4 Å². The first-order valence-electron chi connectivity index (χ1n) is 11.3. The van der Waals surface area contributed by atoms with Gasteiger partial charge in [-0.25, -0.2) is 9.97 Å². The Morgan fingerprint density at radius 1 is 1.20 bits per heavy atom. The molecule has 2 aromatic heterocycles. The maximum absolute atomic E-state index is 13.0. The molecular formula is C25H29N3O2. The van der Waals surface area contributed by atoms with Gasteiger partial charge in [-0.15, -0.1) is 0 Å². The van der Waals surface area contributed by atoms with Crippen LogP contribution in [-0.2, 0) is 25.9 Å². The topological polar surface area (TPSA) is 59.2 Å². The molecular weight excluding hydrogens is 374 g/mol. The predicted octanol–water partition coefficient (Wildman–Crippen LogP) is 4.75. The van der Waals surface area contributed by atoms with E-state index in [1.807, 2.05) is 24.4 Å². The lowest BCUT2D eigenvalue weighted by atomic mass is 9.88. The molecule has 156 valence electrons. The molecule has 1 aromatic carbocycles. The van der Waals surface area contributed by atoms with Crippen LogP contribution in [0.5, 0.6) is 0 Å². The molecule has 1 aliphatic heterocycles. The number of hydrogen-bond donors (Lipinski definition) is 0. The molecule has 5 rings (SSSR count). The van der Waals surface area contributed by atoms with E-state index in [0.717, 1.165) is 42.9 Å². The Kier molecular flexibility index (Phi) is 5.38. The smallest absolute Gasteiger partial charge is 0.197 e. The van der Waals surface area contributed by atoms with Crippen LogP contribution >= 0.6 is 0 Å². The molecule has 30 heavy (non-hydrogen) atoms. The number of hydrogen-bond acceptors (Lipinski definition) is 5. The van der Waals surface area contributed by atoms with E-state index in [1.54, 1.807) is 6.26 Å². The van der Waals surface area contributed by atoms with Crippen molar-refractivity contribution < 1.29 is 4.42 Å². The van der Waals surface area contributed by atoms with E-state index in [9.17, 15) is 4.79 Å². The van der Waals surface area contributed by atoms with Crippen LogP contribution in [0, 0.1) is 0 Å². The summed E-state index contributed by atoms with van der Waals surface area (Å²) in [6, 6.07) is 5.89. The Hall–Kier alpha value is -2.53. The normalized spacial score (nSPS) is 17.9. The molecule has 5 nitrogen and oxygen atoms in total. The van der Waals surface area contributed by atoms with Crippen molar-refractivity contribution in [3.8, 4) is 0 Å². The van der Waals surface area contributed by atoms with Gasteiger partial charge < -0.3 is 4.42 Å². The van der Waals surface area contributed by atoms with Gasteiger partial charge in [-0.1, -0.05) is 32.3 Å². The second kappa shape index (κ2) is 8.31. The third-order valence-electron chi connectivity index (χ3n) is 6.71. The molecule has 0 atom stereocenters. The number of aryl methyl sites for hydroxylation is 1. The molecule has 0 amide bonds. The first-order chi connectivity index (χ1) is 14.7. The maximum Gasteiger partial charge on any atom is 0.197 e. The number of fused-ring (bicyclic) bond motifs is 2. The molecule has 0 unspecified atom stereocenters. The lowest BCUT2D eigenvalue weighted by Crippen LogP contribution is -2.32. The molecule has 1 fully saturated rings. The third-order valence-corrected chi connectivity index (χ3v) is 6.71. The molecule has 0 bridgehead atoms. The minimum atomic E-state index is 0.0845. The van der Waals surface area contributed by atoms with Crippen LogP contribution in [0.4, 0.5) is 0 Å². The number of rotatable bonds is 4. The molecule has 5 heteroatoms. The van der Waals surface area contributed by atoms with Gasteiger partial charge in [0, 0.05) is 55.0 Å². The van der Waals surface area contributed by atoms with Crippen molar-refractivity contribution in [1.82, 2.24) is 14.9 Å². The molecule has 0 saturated heterocycles. The van der Waals surface area contributed by atoms with E-state index in [-0.39, 0.29) is 5.43 Å². The van der Waals surface area contributed by atoms with Gasteiger partial charge in [0.25, 0.3) is 0 Å². The summed E-state index contributed by atoms with van der Waals surface area (Å²) in [6.07, 6.45) is 11.9. The van der Waals surface area contributed by atoms with E-state index in [4.69, 9.17) is 14.4 Å². The van der Waals surface area contributed by atoms with Crippen molar-refractivity contribution in [1.29, 1.82) is 0 Å². The first kappa shape index (κ1) is 19.4. The zero-order valence-corrected chi connectivity index (χ0v) is 17.7. The second-order valence-electron chi connectivity index (χ2n) is 8.77. The Balaban J connectivity index is 1.34. The summed E-state index contributed by atoms with van der Waals surface area (Å²) in [7, 11) is 0. The molecule has 1 saturated carbocycles. The van der Waals surface area contributed by atoms with Gasteiger partial charge in [0.05, 0.1) is 11.6 Å². The summed E-state index contributed by atoms with van der Waals surface area (Å²) in [4.78, 5) is 25.0. The van der Waals surface area contributed by atoms with Crippen LogP contribution < -0.4 is 5.43 Å². The van der Waals surface area contributed by atoms with Crippen LogP contribution in [0.3, 0.4) is 0 Å². The van der Waals surface area contributed by atoms with Crippen molar-refractivity contribution in [3.05, 3.63) is 69.1 Å². The Labute approximate surface area is 177 Å². The fraction of sp³-hybridized carbons (Fsp3) is 0.480. The van der Waals surface area contributed by atoms with Gasteiger partial charge in [0.2, 0.25) is 0 Å². The fourth-order valence-corrected chi connectivity index (χ4v) is 4.87. The average molecular weight is 404 g/mol. The minimum absolute atomic E-state index is 0.0845. The summed E-state index contributed by atoms with van der Waals surface area (Å²) < 4.78 is 5.77. The molecule has 0 radical (unpaired) electrons. The molecule has 3 heterocycles. The van der Waals surface area contributed by atoms with Gasteiger partial charge in [0.1, 0.15) is 11.4 Å². The summed E-state index contributed by atoms with van der Waals surface area (Å²) in [5.41, 5.74) is 5.01. The van der Waals surface area contributed by atoms with Crippen LogP contribution in [0.2, 0.25) is 0 Å². The van der Waals surface area contributed by atoms with Crippen LogP contribution in [-0.4, -0.2) is 21.4 Å². The van der Waals surface area contributed by atoms with Crippen molar-refractivity contribution in [2.45, 2.75) is 70.9 Å². The van der Waals surface area contributed by atoms with Crippen molar-refractivity contribution in [2.24, 2.45) is 0 Å². The quantitative estimate of drug-likeness (QED) is 0.629. The van der Waals surface area contributed by atoms with E-state index >= 15 is 0 Å². The lowest BCUT2D eigenvalue weighted by molar-refractivity contribution is 0.240. The Bertz CT molecular complexity index is 1120. The zero-order chi connectivity index (χ0) is 20.5. The molecule has 0 spiro atoms. The second-order valence-corrected chi connectivity index (χ2v) is 8.77. The van der Waals surface area contributed by atoms with Crippen LogP contribution in [0.1, 0.15) is 73.2 Å². The molecule has 2 aliphatic rings. The Morgan fingerprint density at radius 2 is 2.07 bits per heavy atom. The fourth-order valence-electron chi connectivity index (χ4n) is 4.87. The lowest BCUT2D eigenvalue weighted by Gasteiger charge is -2.28. The predicted molar refractivity (Wildman–Crippen MR) is 118 cm³/mol. The summed E-state index contributed by atoms with van der Waals surface area (Å²) in [5, 5.41) is 0.685. The van der Waals surface area contributed by atoms with Gasteiger partial charge in [-0.2, -0.15) is 0 Å². The van der Waals surface area contributed by atoms with Crippen molar-refractivity contribution in [3.63, 3.8) is 0 Å². The monoisotopic (exact) mass is 403 g/mol. The SMILES string of the molecule is CCc1ccc2occ(CN3CCc4nc(C5CCCCC5)ncc4C3)c(=O)c2c1. The van der Waals surface area contributed by atoms with Crippen LogP contribution in [0.15, 0.2) is 39.9 Å². The summed E-state index contributed by atoms with van der Waals surface area (Å²) >= 11 is 0. The number of nitrogens with zero attached hydrogens (tertiary/aromatic N) is 3. The summed E-state index contributed by atoms with van der Waals surface area (Å²) in [6.45, 7) is 4.38. The van der Waals surface area contributed by atoms with Gasteiger partial charge in [-0.3, -0.25) is 9.69 Å². The highest BCUT2D eigenvalue weighted by molar-refractivity contribution is 5.77. The highest BCUT2D eigenvalue weighted by Gasteiger charge is 2.23. The first-order valence-corrected chi connectivity index (χ1v) is 11.3. The van der Waals surface area contributed by atoms with Gasteiger partial charge in [-0.05, 0) is 37.0 Å². The number of aromatic nitrogens is 2. The van der Waals surface area contributed by atoms with E-state index in [0.29, 0.717) is 23.4 Å². The zero-order valence-electron chi connectivity index (χ0n) is 17.7. The van der Waals surface area contributed by atoms with E-state index in [2.05, 4.69) is 11.8 Å². The van der Waals surface area contributed by atoms with Crippen molar-refractivity contribution >= 4 is 11.0 Å². The Morgan fingerprint density at radius 3 is 2.90 bits per heavy atom. The minimum Gasteiger partial charge on any atom is -0.464 e. The largest absolute Gasteiger partial charge is 0.464 e. The standard InChI is InChI=1S/C25H29N3O2/c1-2-17-8-9-23-21(12-17)24(29)20(16-30-23)15-28-11-10-22-19(14-28)13-26-25(27-22)18-6-4-3-5-7-18/h8-9,12-13,16,18H,2-7,10-11,14-15H2,1H3. The molecule has 1 aliphatic carbocycles. The third kappa shape index (κ3) is 3.79. The van der Waals surface area contributed by atoms with E-state index < -0.39 is 0 Å².